The van der Waals surface area contributed by atoms with Crippen LogP contribution in [-0.2, 0) is 4.74 Å². The van der Waals surface area contributed by atoms with E-state index in [4.69, 9.17) is 25.8 Å². The van der Waals surface area contributed by atoms with Crippen LogP contribution < -0.4 is 19.7 Å². The van der Waals surface area contributed by atoms with Crippen molar-refractivity contribution < 1.29 is 19.0 Å². The van der Waals surface area contributed by atoms with E-state index in [2.05, 4.69) is 15.2 Å². The number of nitrogens with one attached hydrogen (secondary N) is 1. The number of nitrogens with zero attached hydrogens (tertiary/aromatic N) is 2. The Bertz CT molecular complexity index is 794. The predicted molar refractivity (Wildman–Crippen MR) is 99.8 cm³/mol. The van der Waals surface area contributed by atoms with Gasteiger partial charge < -0.3 is 24.4 Å². The molecule has 2 aromatic rings. The summed E-state index contributed by atoms with van der Waals surface area (Å²) in [5, 5.41) is 3.20. The number of amides is 1. The average molecular weight is 378 g/mol. The fraction of sp³-hybridized carbons (Fsp3) is 0.333. The van der Waals surface area contributed by atoms with Crippen molar-refractivity contribution in [3.05, 3.63) is 41.2 Å². The van der Waals surface area contributed by atoms with E-state index in [1.807, 2.05) is 6.07 Å². The molecular formula is C18H20ClN3O4. The summed E-state index contributed by atoms with van der Waals surface area (Å²) in [6.45, 7) is 2.91. The van der Waals surface area contributed by atoms with Crippen LogP contribution in [0.3, 0.4) is 0 Å². The zero-order chi connectivity index (χ0) is 18.5. The summed E-state index contributed by atoms with van der Waals surface area (Å²) in [4.78, 5) is 19.0. The van der Waals surface area contributed by atoms with Crippen LogP contribution in [0.4, 0.5) is 11.4 Å². The van der Waals surface area contributed by atoms with Crippen LogP contribution in [0.2, 0.25) is 5.02 Å². The Kier molecular flexibility index (Phi) is 5.80. The van der Waals surface area contributed by atoms with Crippen LogP contribution in [0, 0.1) is 0 Å². The number of rotatable bonds is 5. The van der Waals surface area contributed by atoms with Gasteiger partial charge in [0, 0.05) is 37.1 Å². The maximum Gasteiger partial charge on any atom is 0.274 e. The minimum atomic E-state index is -0.345. The lowest BCUT2D eigenvalue weighted by Crippen LogP contribution is -2.36. The number of carbonyl (C=O) groups is 1. The number of methoxy groups -OCH3 is 2. The van der Waals surface area contributed by atoms with E-state index in [-0.39, 0.29) is 5.91 Å². The number of benzene rings is 1. The fourth-order valence-corrected chi connectivity index (χ4v) is 2.94. The summed E-state index contributed by atoms with van der Waals surface area (Å²) in [5.74, 6) is 0.536. The molecule has 1 aromatic carbocycles. The second kappa shape index (κ2) is 8.25. The molecule has 1 saturated heterocycles. The molecule has 2 heterocycles. The Balaban J connectivity index is 1.82. The maximum absolute atomic E-state index is 12.7. The molecule has 0 aliphatic carbocycles. The third kappa shape index (κ3) is 4.00. The molecule has 3 rings (SSSR count). The van der Waals surface area contributed by atoms with Crippen molar-refractivity contribution in [3.8, 4) is 11.5 Å². The summed E-state index contributed by atoms with van der Waals surface area (Å²) in [6, 6.07) is 6.85. The molecular weight excluding hydrogens is 358 g/mol. The standard InChI is InChI=1S/C18H20ClN3O4/c1-24-16-11-14(17(25-2)10-13(16)19)21-18(23)15-9-12(3-4-20-15)22-5-7-26-8-6-22/h3-4,9-11H,5-8H2,1-2H3,(H,21,23). The molecule has 0 spiro atoms. The van der Waals surface area contributed by atoms with Gasteiger partial charge in [-0.3, -0.25) is 9.78 Å². The molecule has 26 heavy (non-hydrogen) atoms. The number of morpholine rings is 1. The molecule has 138 valence electrons. The molecule has 1 amide bonds. The molecule has 0 bridgehead atoms. The van der Waals surface area contributed by atoms with E-state index in [0.717, 1.165) is 18.8 Å². The van der Waals surface area contributed by atoms with Gasteiger partial charge in [0.2, 0.25) is 0 Å². The second-order valence-corrected chi connectivity index (χ2v) is 6.05. The number of hydrogen-bond acceptors (Lipinski definition) is 6. The molecule has 1 aliphatic rings. The average Bonchev–Trinajstić information content (AvgIpc) is 2.69. The SMILES string of the molecule is COc1cc(NC(=O)c2cc(N3CCOCC3)ccn2)c(OC)cc1Cl. The van der Waals surface area contributed by atoms with Gasteiger partial charge in [0.05, 0.1) is 38.1 Å². The van der Waals surface area contributed by atoms with Crippen molar-refractivity contribution >= 4 is 28.9 Å². The van der Waals surface area contributed by atoms with Crippen molar-refractivity contribution in [1.29, 1.82) is 0 Å². The fourth-order valence-electron chi connectivity index (χ4n) is 2.71. The molecule has 0 atom stereocenters. The van der Waals surface area contributed by atoms with Crippen molar-refractivity contribution in [3.63, 3.8) is 0 Å². The zero-order valence-corrected chi connectivity index (χ0v) is 15.4. The Morgan fingerprint density at radius 2 is 1.92 bits per heavy atom. The largest absolute Gasteiger partial charge is 0.495 e. The number of hydrogen-bond donors (Lipinski definition) is 1. The van der Waals surface area contributed by atoms with Gasteiger partial charge in [-0.05, 0) is 12.1 Å². The highest BCUT2D eigenvalue weighted by molar-refractivity contribution is 6.32. The van der Waals surface area contributed by atoms with Crippen molar-refractivity contribution in [2.24, 2.45) is 0 Å². The Hall–Kier alpha value is -2.51. The number of anilines is 2. The first-order valence-corrected chi connectivity index (χ1v) is 8.52. The second-order valence-electron chi connectivity index (χ2n) is 5.64. The summed E-state index contributed by atoms with van der Waals surface area (Å²) in [7, 11) is 3.01. The van der Waals surface area contributed by atoms with E-state index < -0.39 is 0 Å². The topological polar surface area (TPSA) is 72.9 Å². The van der Waals surface area contributed by atoms with E-state index in [9.17, 15) is 4.79 Å². The van der Waals surface area contributed by atoms with Gasteiger partial charge in [0.15, 0.2) is 0 Å². The maximum atomic E-state index is 12.7. The van der Waals surface area contributed by atoms with Crippen LogP contribution >= 0.6 is 11.6 Å². The van der Waals surface area contributed by atoms with E-state index >= 15 is 0 Å². The quantitative estimate of drug-likeness (QED) is 0.863. The Morgan fingerprint density at radius 3 is 2.62 bits per heavy atom. The molecule has 0 saturated carbocycles. The molecule has 1 aromatic heterocycles. The summed E-state index contributed by atoms with van der Waals surface area (Å²) in [5.41, 5.74) is 1.70. The minimum Gasteiger partial charge on any atom is -0.495 e. The third-order valence-corrected chi connectivity index (χ3v) is 4.37. The van der Waals surface area contributed by atoms with Crippen LogP contribution in [-0.4, -0.2) is 51.4 Å². The highest BCUT2D eigenvalue weighted by Gasteiger charge is 2.17. The molecule has 8 heteroatoms. The van der Waals surface area contributed by atoms with E-state index in [0.29, 0.717) is 41.1 Å². The van der Waals surface area contributed by atoms with Gasteiger partial charge in [0.25, 0.3) is 5.91 Å². The van der Waals surface area contributed by atoms with Gasteiger partial charge >= 0.3 is 0 Å². The molecule has 1 aliphatic heterocycles. The zero-order valence-electron chi connectivity index (χ0n) is 14.6. The summed E-state index contributed by atoms with van der Waals surface area (Å²) < 4.78 is 15.8. The lowest BCUT2D eigenvalue weighted by Gasteiger charge is -2.28. The Labute approximate surface area is 156 Å². The Morgan fingerprint density at radius 1 is 1.19 bits per heavy atom. The highest BCUT2D eigenvalue weighted by Crippen LogP contribution is 2.36. The van der Waals surface area contributed by atoms with Gasteiger partial charge in [-0.15, -0.1) is 0 Å². The monoisotopic (exact) mass is 377 g/mol. The predicted octanol–water partition coefficient (Wildman–Crippen LogP) is 2.84. The van der Waals surface area contributed by atoms with Crippen LogP contribution in [0.25, 0.3) is 0 Å². The minimum absolute atomic E-state index is 0.310. The van der Waals surface area contributed by atoms with Crippen molar-refractivity contribution in [2.75, 3.05) is 50.7 Å². The van der Waals surface area contributed by atoms with Crippen LogP contribution in [0.15, 0.2) is 30.5 Å². The van der Waals surface area contributed by atoms with Gasteiger partial charge in [-0.2, -0.15) is 0 Å². The van der Waals surface area contributed by atoms with Gasteiger partial charge in [-0.1, -0.05) is 11.6 Å². The number of carbonyl (C=O) groups excluding carboxylic acids is 1. The van der Waals surface area contributed by atoms with E-state index in [1.54, 1.807) is 24.4 Å². The number of ether oxygens (including phenoxy) is 3. The van der Waals surface area contributed by atoms with Crippen LogP contribution in [0.1, 0.15) is 10.5 Å². The van der Waals surface area contributed by atoms with E-state index in [1.165, 1.54) is 14.2 Å². The third-order valence-electron chi connectivity index (χ3n) is 4.07. The first-order valence-electron chi connectivity index (χ1n) is 8.14. The first kappa shape index (κ1) is 18.3. The summed E-state index contributed by atoms with van der Waals surface area (Å²) >= 11 is 6.09. The molecule has 1 fully saturated rings. The van der Waals surface area contributed by atoms with Crippen molar-refractivity contribution in [1.82, 2.24) is 4.98 Å². The smallest absolute Gasteiger partial charge is 0.274 e. The lowest BCUT2D eigenvalue weighted by atomic mass is 10.2. The number of pyridine rings is 1. The first-order chi connectivity index (χ1) is 12.6. The molecule has 0 radical (unpaired) electrons. The molecule has 7 nitrogen and oxygen atoms in total. The van der Waals surface area contributed by atoms with Gasteiger partial charge in [0.1, 0.15) is 17.2 Å². The number of halogens is 1. The molecule has 0 unspecified atom stereocenters. The van der Waals surface area contributed by atoms with Crippen molar-refractivity contribution in [2.45, 2.75) is 0 Å². The van der Waals surface area contributed by atoms with Crippen LogP contribution in [0.5, 0.6) is 11.5 Å². The normalized spacial score (nSPS) is 14.0. The summed E-state index contributed by atoms with van der Waals surface area (Å²) in [6.07, 6.45) is 1.62. The number of aromatic nitrogens is 1. The lowest BCUT2D eigenvalue weighted by molar-refractivity contribution is 0.102. The van der Waals surface area contributed by atoms with Gasteiger partial charge in [-0.25, -0.2) is 0 Å². The molecule has 1 N–H and O–H groups in total. The highest BCUT2D eigenvalue weighted by atomic mass is 35.5.